The van der Waals surface area contributed by atoms with E-state index in [1.807, 2.05) is 18.3 Å². The highest BCUT2D eigenvalue weighted by Gasteiger charge is 1.94. The fourth-order valence-electron chi connectivity index (χ4n) is 1.46. The Balaban J connectivity index is 2.12. The van der Waals surface area contributed by atoms with E-state index >= 15 is 0 Å². The smallest absolute Gasteiger partial charge is 0.169 e. The molecule has 0 aliphatic rings. The Kier molecular flexibility index (Phi) is 3.44. The highest BCUT2D eigenvalue weighted by molar-refractivity contribution is 5.68. The lowest BCUT2D eigenvalue weighted by atomic mass is 10.2. The molecule has 0 fully saturated rings. The number of aryl methyl sites for hydroxylation is 1. The van der Waals surface area contributed by atoms with Crippen LogP contribution in [0.5, 0.6) is 0 Å². The molecule has 2 heteroatoms. The van der Waals surface area contributed by atoms with Crippen LogP contribution in [0.25, 0.3) is 12.2 Å². The molecule has 2 aromatic rings. The van der Waals surface area contributed by atoms with Crippen molar-refractivity contribution >= 4 is 12.2 Å². The predicted octanol–water partition coefficient (Wildman–Crippen LogP) is 2.56. The van der Waals surface area contributed by atoms with E-state index in [2.05, 4.69) is 53.2 Å². The molecule has 16 heavy (non-hydrogen) atoms. The zero-order valence-corrected chi connectivity index (χ0v) is 9.38. The van der Waals surface area contributed by atoms with Crippen LogP contribution in [0.1, 0.15) is 18.1 Å². The fraction of sp³-hybridized carbons (Fsp3) is 0.143. The van der Waals surface area contributed by atoms with E-state index in [-0.39, 0.29) is 0 Å². The molecule has 0 bridgehead atoms. The number of hydrogen-bond donors (Lipinski definition) is 0. The van der Waals surface area contributed by atoms with Crippen LogP contribution in [0.2, 0.25) is 0 Å². The molecule has 0 spiro atoms. The van der Waals surface area contributed by atoms with Gasteiger partial charge in [-0.05, 0) is 24.1 Å². The van der Waals surface area contributed by atoms with E-state index in [1.54, 1.807) is 6.20 Å². The van der Waals surface area contributed by atoms with Crippen LogP contribution in [-0.4, -0.2) is 4.98 Å². The molecule has 0 aliphatic carbocycles. The quantitative estimate of drug-likeness (QED) is 0.713. The standard InChI is InChI=1S/C14H15N2/c1-2-16-10-7-13(8-11-16)5-6-14-4-3-9-15-12-14/h3-12H,2H2,1H3/q+1. The lowest BCUT2D eigenvalue weighted by molar-refractivity contribution is -0.693. The van der Waals surface area contributed by atoms with Gasteiger partial charge in [-0.1, -0.05) is 18.2 Å². The van der Waals surface area contributed by atoms with Gasteiger partial charge in [-0.3, -0.25) is 4.98 Å². The van der Waals surface area contributed by atoms with Crippen LogP contribution >= 0.6 is 0 Å². The number of pyridine rings is 2. The monoisotopic (exact) mass is 211 g/mol. The summed E-state index contributed by atoms with van der Waals surface area (Å²) in [6.07, 6.45) is 12.0. The van der Waals surface area contributed by atoms with Crippen molar-refractivity contribution in [2.24, 2.45) is 0 Å². The molecular formula is C14H15N2+. The lowest BCUT2D eigenvalue weighted by Gasteiger charge is -1.93. The van der Waals surface area contributed by atoms with Gasteiger partial charge in [0.15, 0.2) is 12.4 Å². The van der Waals surface area contributed by atoms with Gasteiger partial charge in [0.1, 0.15) is 6.54 Å². The van der Waals surface area contributed by atoms with Gasteiger partial charge in [0.2, 0.25) is 0 Å². The topological polar surface area (TPSA) is 16.8 Å². The summed E-state index contributed by atoms with van der Waals surface area (Å²) in [6.45, 7) is 3.14. The van der Waals surface area contributed by atoms with Crippen LogP contribution in [0, 0.1) is 0 Å². The third kappa shape index (κ3) is 2.76. The summed E-state index contributed by atoms with van der Waals surface area (Å²) in [6, 6.07) is 8.20. The van der Waals surface area contributed by atoms with Gasteiger partial charge >= 0.3 is 0 Å². The summed E-state index contributed by atoms with van der Waals surface area (Å²) >= 11 is 0. The first-order valence-electron chi connectivity index (χ1n) is 5.45. The SMILES string of the molecule is CC[n+]1ccc(/C=C/c2cccnc2)cc1. The van der Waals surface area contributed by atoms with E-state index < -0.39 is 0 Å². The molecule has 0 aromatic carbocycles. The van der Waals surface area contributed by atoms with Gasteiger partial charge in [0.25, 0.3) is 0 Å². The van der Waals surface area contributed by atoms with E-state index in [0.717, 1.165) is 12.1 Å². The largest absolute Gasteiger partial charge is 0.264 e. The summed E-state index contributed by atoms with van der Waals surface area (Å²) < 4.78 is 2.14. The van der Waals surface area contributed by atoms with Crippen LogP contribution in [0.15, 0.2) is 49.1 Å². The summed E-state index contributed by atoms with van der Waals surface area (Å²) in [4.78, 5) is 4.07. The minimum absolute atomic E-state index is 1.01. The molecule has 2 aromatic heterocycles. The Labute approximate surface area is 95.9 Å². The lowest BCUT2D eigenvalue weighted by Crippen LogP contribution is -2.30. The van der Waals surface area contributed by atoms with Crippen LogP contribution < -0.4 is 4.57 Å². The maximum absolute atomic E-state index is 4.07. The molecule has 0 radical (unpaired) electrons. The third-order valence-corrected chi connectivity index (χ3v) is 2.43. The molecule has 2 nitrogen and oxygen atoms in total. The molecule has 0 saturated heterocycles. The minimum atomic E-state index is 1.01. The summed E-state index contributed by atoms with van der Waals surface area (Å²) in [5.41, 5.74) is 2.32. The Morgan fingerprint density at radius 1 is 1.12 bits per heavy atom. The molecule has 80 valence electrons. The zero-order valence-electron chi connectivity index (χ0n) is 9.38. The Morgan fingerprint density at radius 3 is 2.50 bits per heavy atom. The van der Waals surface area contributed by atoms with Crippen molar-refractivity contribution in [3.63, 3.8) is 0 Å². The third-order valence-electron chi connectivity index (χ3n) is 2.43. The maximum Gasteiger partial charge on any atom is 0.169 e. The number of hydrogen-bond acceptors (Lipinski definition) is 1. The van der Waals surface area contributed by atoms with Crippen molar-refractivity contribution in [2.75, 3.05) is 0 Å². The normalized spacial score (nSPS) is 10.8. The average molecular weight is 211 g/mol. The van der Waals surface area contributed by atoms with E-state index in [9.17, 15) is 0 Å². The van der Waals surface area contributed by atoms with Gasteiger partial charge in [-0.2, -0.15) is 0 Å². The molecule has 0 amide bonds. The van der Waals surface area contributed by atoms with Gasteiger partial charge < -0.3 is 0 Å². The summed E-state index contributed by atoms with van der Waals surface area (Å²) in [5, 5.41) is 0. The van der Waals surface area contributed by atoms with Crippen molar-refractivity contribution < 1.29 is 4.57 Å². The average Bonchev–Trinajstić information content (AvgIpc) is 2.38. The maximum atomic E-state index is 4.07. The van der Waals surface area contributed by atoms with Crippen molar-refractivity contribution in [1.29, 1.82) is 0 Å². The second kappa shape index (κ2) is 5.21. The van der Waals surface area contributed by atoms with Crippen LogP contribution in [-0.2, 0) is 6.54 Å². The molecule has 0 atom stereocenters. The van der Waals surface area contributed by atoms with Crippen LogP contribution in [0.3, 0.4) is 0 Å². The molecular weight excluding hydrogens is 196 g/mol. The molecule has 0 saturated carbocycles. The van der Waals surface area contributed by atoms with Gasteiger partial charge in [0.05, 0.1) is 0 Å². The number of nitrogens with zero attached hydrogens (tertiary/aromatic N) is 2. The predicted molar refractivity (Wildman–Crippen MR) is 65.5 cm³/mol. The Morgan fingerprint density at radius 2 is 1.88 bits per heavy atom. The second-order valence-electron chi connectivity index (χ2n) is 3.58. The van der Waals surface area contributed by atoms with Crippen molar-refractivity contribution in [1.82, 2.24) is 4.98 Å². The second-order valence-corrected chi connectivity index (χ2v) is 3.58. The first kappa shape index (κ1) is 10.6. The zero-order chi connectivity index (χ0) is 11.2. The van der Waals surface area contributed by atoms with Gasteiger partial charge in [-0.25, -0.2) is 4.57 Å². The van der Waals surface area contributed by atoms with E-state index in [0.29, 0.717) is 0 Å². The van der Waals surface area contributed by atoms with Crippen LogP contribution in [0.4, 0.5) is 0 Å². The first-order valence-corrected chi connectivity index (χ1v) is 5.45. The van der Waals surface area contributed by atoms with Crippen molar-refractivity contribution in [3.8, 4) is 0 Å². The summed E-state index contributed by atoms with van der Waals surface area (Å²) in [5.74, 6) is 0. The Hall–Kier alpha value is -1.96. The highest BCUT2D eigenvalue weighted by atomic mass is 14.9. The fourth-order valence-corrected chi connectivity index (χ4v) is 1.46. The number of aromatic nitrogens is 2. The molecule has 0 unspecified atom stereocenters. The van der Waals surface area contributed by atoms with Crippen molar-refractivity contribution in [3.05, 3.63) is 60.2 Å². The van der Waals surface area contributed by atoms with Gasteiger partial charge in [0, 0.05) is 24.5 Å². The number of rotatable bonds is 3. The molecule has 2 heterocycles. The first-order chi connectivity index (χ1) is 7.88. The highest BCUT2D eigenvalue weighted by Crippen LogP contribution is 2.04. The van der Waals surface area contributed by atoms with E-state index in [1.165, 1.54) is 5.56 Å². The minimum Gasteiger partial charge on any atom is -0.264 e. The molecule has 2 rings (SSSR count). The van der Waals surface area contributed by atoms with Crippen molar-refractivity contribution in [2.45, 2.75) is 13.5 Å². The molecule has 0 aliphatic heterocycles. The summed E-state index contributed by atoms with van der Waals surface area (Å²) in [7, 11) is 0. The Bertz CT molecular complexity index is 458. The van der Waals surface area contributed by atoms with E-state index in [4.69, 9.17) is 0 Å². The molecule has 0 N–H and O–H groups in total. The van der Waals surface area contributed by atoms with Gasteiger partial charge in [-0.15, -0.1) is 0 Å².